The molecule has 5 aromatic carbocycles. The van der Waals surface area contributed by atoms with Crippen LogP contribution >= 0.6 is 11.8 Å². The average molecular weight is 881 g/mol. The molecule has 14 nitrogen and oxygen atoms in total. The first kappa shape index (κ1) is 43.5. The first-order chi connectivity index (χ1) is 29.2. The Kier molecular flexibility index (Phi) is 13.5. The first-order valence-corrected chi connectivity index (χ1v) is 24.1. The molecule has 1 aromatic heterocycles. The number of nitrogens with zero attached hydrogens (tertiary/aromatic N) is 6. The molecule has 0 aliphatic carbocycles. The fraction of sp³-hybridized carbons (Fsp3) is 0.273. The van der Waals surface area contributed by atoms with E-state index in [1.54, 1.807) is 30.0 Å². The van der Waals surface area contributed by atoms with E-state index in [1.807, 2.05) is 80.8 Å². The van der Waals surface area contributed by atoms with Crippen LogP contribution < -0.4 is 14.9 Å². The number of nitro benzene ring substituents is 1. The van der Waals surface area contributed by atoms with E-state index in [2.05, 4.69) is 46.8 Å². The van der Waals surface area contributed by atoms with E-state index < -0.39 is 24.8 Å². The molecule has 6 aromatic rings. The molecule has 0 saturated carbocycles. The molecule has 1 aliphatic rings. The number of hydrogen-bond donors (Lipinski definition) is 2. The van der Waals surface area contributed by atoms with Crippen LogP contribution in [0, 0.1) is 10.1 Å². The summed E-state index contributed by atoms with van der Waals surface area (Å²) in [5, 5.41) is 16.1. The maximum atomic E-state index is 13.8. The van der Waals surface area contributed by atoms with Crippen LogP contribution in [0.2, 0.25) is 0 Å². The highest BCUT2D eigenvalue weighted by Gasteiger charge is 2.25. The van der Waals surface area contributed by atoms with Crippen molar-refractivity contribution in [3.8, 4) is 11.1 Å². The Balaban J connectivity index is 1.02. The highest BCUT2D eigenvalue weighted by atomic mass is 32.2. The number of sulfone groups is 1. The minimum Gasteiger partial charge on any atom is -0.376 e. The Hall–Kier alpha value is -5.59. The quantitative estimate of drug-likeness (QED) is 0.0534. The standard InChI is InChI=1S/C44H48N8O6S3/c1-49(2)22-21-34(30-59-36-10-5-4-6-11-36)47-41-20-18-38(28-43(41)52(53)54)61(57,58)48-44-40-19-15-35(27-42(40)45-31-46-44)51-25-23-50(24-26-51)29-33-9-7-8-12-39(33)32-13-16-37(17-14-32)60(3,55)56/h4-20,27-28,31,34,47H,21-26,29-30H2,1-3H3,(H,45,46,48)/t34-/m1/s1. The zero-order valence-corrected chi connectivity index (χ0v) is 36.6. The van der Waals surface area contributed by atoms with Gasteiger partial charge in [0.1, 0.15) is 12.0 Å². The van der Waals surface area contributed by atoms with Gasteiger partial charge in [0.25, 0.3) is 15.7 Å². The third-order valence-corrected chi connectivity index (χ3v) is 14.2. The number of anilines is 3. The van der Waals surface area contributed by atoms with Gasteiger partial charge in [-0.1, -0.05) is 54.6 Å². The van der Waals surface area contributed by atoms with Gasteiger partial charge in [-0.15, -0.1) is 11.8 Å². The fourth-order valence-corrected chi connectivity index (χ4v) is 9.91. The van der Waals surface area contributed by atoms with E-state index in [0.717, 1.165) is 72.6 Å². The molecule has 1 aliphatic heterocycles. The summed E-state index contributed by atoms with van der Waals surface area (Å²) in [6.07, 6.45) is 3.22. The molecule has 7 rings (SSSR count). The Bertz CT molecular complexity index is 2710. The summed E-state index contributed by atoms with van der Waals surface area (Å²) in [5.41, 5.74) is 4.56. The first-order valence-electron chi connectivity index (χ1n) is 19.7. The van der Waals surface area contributed by atoms with Gasteiger partial charge in [0.15, 0.2) is 15.7 Å². The Morgan fingerprint density at radius 1 is 0.836 bits per heavy atom. The van der Waals surface area contributed by atoms with Crippen LogP contribution in [0.5, 0.6) is 0 Å². The van der Waals surface area contributed by atoms with E-state index in [4.69, 9.17) is 0 Å². The summed E-state index contributed by atoms with van der Waals surface area (Å²) in [5.74, 6) is 0.719. The van der Waals surface area contributed by atoms with Crippen molar-refractivity contribution in [3.63, 3.8) is 0 Å². The second kappa shape index (κ2) is 19.0. The Morgan fingerprint density at radius 3 is 2.25 bits per heavy atom. The van der Waals surface area contributed by atoms with Crippen molar-refractivity contribution in [2.24, 2.45) is 0 Å². The summed E-state index contributed by atoms with van der Waals surface area (Å²) in [4.78, 5) is 28.3. The predicted molar refractivity (Wildman–Crippen MR) is 244 cm³/mol. The maximum absolute atomic E-state index is 13.8. The third kappa shape index (κ3) is 11.0. The van der Waals surface area contributed by atoms with Gasteiger partial charge in [-0.3, -0.25) is 19.7 Å². The van der Waals surface area contributed by atoms with Gasteiger partial charge < -0.3 is 15.1 Å². The van der Waals surface area contributed by atoms with Crippen LogP contribution in [-0.2, 0) is 26.4 Å². The lowest BCUT2D eigenvalue weighted by Crippen LogP contribution is -2.46. The van der Waals surface area contributed by atoms with Crippen LogP contribution in [0.4, 0.5) is 22.9 Å². The molecule has 1 atom stereocenters. The van der Waals surface area contributed by atoms with Gasteiger partial charge in [0.05, 0.1) is 20.2 Å². The molecular formula is C44H48N8O6S3. The monoisotopic (exact) mass is 880 g/mol. The number of hydrogen-bond acceptors (Lipinski definition) is 13. The van der Waals surface area contributed by atoms with Crippen molar-refractivity contribution in [1.29, 1.82) is 0 Å². The Labute approximate surface area is 361 Å². The molecule has 17 heteroatoms. The summed E-state index contributed by atoms with van der Waals surface area (Å²) in [6.45, 7) is 4.62. The van der Waals surface area contributed by atoms with Gasteiger partial charge in [-0.2, -0.15) is 0 Å². The number of aromatic nitrogens is 2. The number of fused-ring (bicyclic) bond motifs is 1. The SMILES string of the molecule is CN(C)CC[C@H](CSc1ccccc1)Nc1ccc(S(=O)(=O)Nc2ncnc3cc(N4CCN(Cc5ccccc5-c5ccc(S(C)(=O)=O)cc5)CC4)ccc23)cc1[N+](=O)[O-]. The lowest BCUT2D eigenvalue weighted by molar-refractivity contribution is -0.384. The lowest BCUT2D eigenvalue weighted by atomic mass is 9.99. The van der Waals surface area contributed by atoms with Gasteiger partial charge in [-0.25, -0.2) is 26.8 Å². The molecule has 1 saturated heterocycles. The highest BCUT2D eigenvalue weighted by Crippen LogP contribution is 2.33. The summed E-state index contributed by atoms with van der Waals surface area (Å²) >= 11 is 1.65. The van der Waals surface area contributed by atoms with Crippen molar-refractivity contribution in [1.82, 2.24) is 19.8 Å². The Morgan fingerprint density at radius 2 is 1.54 bits per heavy atom. The zero-order valence-electron chi connectivity index (χ0n) is 34.1. The molecule has 0 spiro atoms. The normalized spacial score (nSPS) is 14.3. The molecule has 0 unspecified atom stereocenters. The van der Waals surface area contributed by atoms with Crippen LogP contribution in [0.1, 0.15) is 12.0 Å². The minimum atomic E-state index is -4.29. The van der Waals surface area contributed by atoms with Crippen LogP contribution in [0.3, 0.4) is 0 Å². The molecule has 318 valence electrons. The van der Waals surface area contributed by atoms with Crippen molar-refractivity contribution in [3.05, 3.63) is 137 Å². The number of piperazine rings is 1. The van der Waals surface area contributed by atoms with Gasteiger partial charge >= 0.3 is 0 Å². The molecule has 0 bridgehead atoms. The molecule has 2 N–H and O–H groups in total. The predicted octanol–water partition coefficient (Wildman–Crippen LogP) is 7.26. The van der Waals surface area contributed by atoms with Crippen LogP contribution in [0.15, 0.2) is 136 Å². The summed E-state index contributed by atoms with van der Waals surface area (Å²) in [7, 11) is -3.63. The van der Waals surface area contributed by atoms with Crippen molar-refractivity contribution < 1.29 is 21.8 Å². The molecule has 61 heavy (non-hydrogen) atoms. The number of nitrogens with one attached hydrogen (secondary N) is 2. The van der Waals surface area contributed by atoms with Crippen molar-refractivity contribution in [2.45, 2.75) is 33.7 Å². The number of rotatable bonds is 17. The maximum Gasteiger partial charge on any atom is 0.293 e. The number of nitro groups is 1. The molecular weight excluding hydrogens is 833 g/mol. The average Bonchev–Trinajstić information content (AvgIpc) is 3.25. The van der Waals surface area contributed by atoms with Gasteiger partial charge in [0, 0.05) is 72.8 Å². The largest absolute Gasteiger partial charge is 0.376 e. The van der Waals surface area contributed by atoms with Crippen molar-refractivity contribution in [2.75, 3.05) is 73.8 Å². The zero-order chi connectivity index (χ0) is 43.1. The summed E-state index contributed by atoms with van der Waals surface area (Å²) < 4.78 is 54.0. The minimum absolute atomic E-state index is 0.0672. The molecule has 2 heterocycles. The van der Waals surface area contributed by atoms with E-state index in [1.165, 1.54) is 24.7 Å². The van der Waals surface area contributed by atoms with Gasteiger partial charge in [0.2, 0.25) is 0 Å². The van der Waals surface area contributed by atoms with E-state index >= 15 is 0 Å². The second-order valence-corrected chi connectivity index (χ2v) is 20.0. The third-order valence-electron chi connectivity index (χ3n) is 10.5. The second-order valence-electron chi connectivity index (χ2n) is 15.2. The number of thioether (sulfide) groups is 1. The van der Waals surface area contributed by atoms with E-state index in [-0.39, 0.29) is 28.1 Å². The number of sulfonamides is 1. The molecule has 1 fully saturated rings. The van der Waals surface area contributed by atoms with Crippen LogP contribution in [0.25, 0.3) is 22.0 Å². The fourth-order valence-electron chi connectivity index (χ4n) is 7.23. The number of benzene rings is 5. The van der Waals surface area contributed by atoms with E-state index in [0.29, 0.717) is 28.0 Å². The van der Waals surface area contributed by atoms with E-state index in [9.17, 15) is 26.9 Å². The lowest BCUT2D eigenvalue weighted by Gasteiger charge is -2.36. The topological polar surface area (TPSA) is 171 Å². The highest BCUT2D eigenvalue weighted by molar-refractivity contribution is 7.99. The van der Waals surface area contributed by atoms with Crippen LogP contribution in [-0.4, -0.2) is 106 Å². The molecule has 0 amide bonds. The summed E-state index contributed by atoms with van der Waals surface area (Å²) in [6, 6.07) is 34.5. The smallest absolute Gasteiger partial charge is 0.293 e. The van der Waals surface area contributed by atoms with Gasteiger partial charge in [-0.05, 0) is 98.3 Å². The molecule has 0 radical (unpaired) electrons. The van der Waals surface area contributed by atoms with Crippen molar-refractivity contribution >= 4 is 65.4 Å².